The molecule has 0 aliphatic rings. The second-order valence-corrected chi connectivity index (χ2v) is 4.05. The number of hydrogen-bond donors (Lipinski definition) is 0. The number of halogens is 2. The molecule has 0 fully saturated rings. The number of carbonyl (C=O) groups is 1. The van der Waals surface area contributed by atoms with Gasteiger partial charge in [-0.25, -0.2) is 4.79 Å². The second-order valence-electron chi connectivity index (χ2n) is 3.23. The Labute approximate surface area is 115 Å². The standard InChI is InChI=1S/C12H11Cl2NO3/c1-3-4-17-12-10(13)5-9(6-11(12)14)7-15-18-8(2)16/h3,5-7H,1,4H2,2H3/b15-7-. The van der Waals surface area contributed by atoms with Gasteiger partial charge in [-0.1, -0.05) is 41.0 Å². The summed E-state index contributed by atoms with van der Waals surface area (Å²) in [4.78, 5) is 14.9. The molecule has 0 aromatic heterocycles. The first-order valence-corrected chi connectivity index (χ1v) is 5.74. The summed E-state index contributed by atoms with van der Waals surface area (Å²) in [6, 6.07) is 3.19. The molecule has 1 rings (SSSR count). The van der Waals surface area contributed by atoms with Crippen LogP contribution in [0.5, 0.6) is 5.75 Å². The van der Waals surface area contributed by atoms with Crippen molar-refractivity contribution in [2.75, 3.05) is 6.61 Å². The van der Waals surface area contributed by atoms with Crippen molar-refractivity contribution >= 4 is 35.4 Å². The summed E-state index contributed by atoms with van der Waals surface area (Å²) in [5, 5.41) is 4.15. The van der Waals surface area contributed by atoms with Gasteiger partial charge in [0.15, 0.2) is 5.75 Å². The second kappa shape index (κ2) is 7.03. The predicted molar refractivity (Wildman–Crippen MR) is 71.5 cm³/mol. The minimum absolute atomic E-state index is 0.306. The summed E-state index contributed by atoms with van der Waals surface area (Å²) in [6.45, 7) is 5.09. The highest BCUT2D eigenvalue weighted by molar-refractivity contribution is 6.37. The minimum Gasteiger partial charge on any atom is -0.486 e. The first kappa shape index (κ1) is 14.5. The van der Waals surface area contributed by atoms with Crippen LogP contribution in [-0.4, -0.2) is 18.8 Å². The maximum atomic E-state index is 10.5. The van der Waals surface area contributed by atoms with Gasteiger partial charge in [-0.3, -0.25) is 0 Å². The number of rotatable bonds is 5. The van der Waals surface area contributed by atoms with Crippen molar-refractivity contribution < 1.29 is 14.4 Å². The molecule has 18 heavy (non-hydrogen) atoms. The van der Waals surface area contributed by atoms with Crippen LogP contribution in [0.1, 0.15) is 12.5 Å². The molecule has 0 saturated carbocycles. The Morgan fingerprint density at radius 2 is 2.06 bits per heavy atom. The SMILES string of the molecule is C=CCOc1c(Cl)cc(/C=N\OC(C)=O)cc1Cl. The van der Waals surface area contributed by atoms with E-state index in [2.05, 4.69) is 16.6 Å². The van der Waals surface area contributed by atoms with E-state index in [9.17, 15) is 4.79 Å². The zero-order valence-corrected chi connectivity index (χ0v) is 11.2. The fourth-order valence-electron chi connectivity index (χ4n) is 1.10. The van der Waals surface area contributed by atoms with Crippen molar-refractivity contribution in [3.8, 4) is 5.75 Å². The van der Waals surface area contributed by atoms with E-state index in [0.717, 1.165) is 0 Å². The number of ether oxygens (including phenoxy) is 1. The van der Waals surface area contributed by atoms with Crippen LogP contribution in [0.2, 0.25) is 10.0 Å². The van der Waals surface area contributed by atoms with E-state index in [1.165, 1.54) is 13.1 Å². The van der Waals surface area contributed by atoms with Crippen LogP contribution < -0.4 is 4.74 Å². The van der Waals surface area contributed by atoms with Crippen molar-refractivity contribution in [1.82, 2.24) is 0 Å². The Kier molecular flexibility index (Phi) is 5.68. The van der Waals surface area contributed by atoms with E-state index >= 15 is 0 Å². The van der Waals surface area contributed by atoms with Crippen molar-refractivity contribution in [3.05, 3.63) is 40.4 Å². The maximum absolute atomic E-state index is 10.5. The van der Waals surface area contributed by atoms with Gasteiger partial charge in [0, 0.05) is 6.92 Å². The van der Waals surface area contributed by atoms with E-state index in [1.807, 2.05) is 0 Å². The molecule has 0 heterocycles. The highest BCUT2D eigenvalue weighted by Crippen LogP contribution is 2.33. The molecule has 1 aromatic rings. The summed E-state index contributed by atoms with van der Waals surface area (Å²) in [7, 11) is 0. The topological polar surface area (TPSA) is 47.9 Å². The zero-order chi connectivity index (χ0) is 13.5. The van der Waals surface area contributed by atoms with Gasteiger partial charge < -0.3 is 9.57 Å². The molecule has 4 nitrogen and oxygen atoms in total. The van der Waals surface area contributed by atoms with Gasteiger partial charge in [-0.05, 0) is 17.7 Å². The number of nitrogens with zero attached hydrogens (tertiary/aromatic N) is 1. The van der Waals surface area contributed by atoms with Crippen LogP contribution in [0.25, 0.3) is 0 Å². The normalized spacial score (nSPS) is 10.4. The van der Waals surface area contributed by atoms with Crippen LogP contribution in [0.3, 0.4) is 0 Å². The highest BCUT2D eigenvalue weighted by atomic mass is 35.5. The van der Waals surface area contributed by atoms with E-state index in [0.29, 0.717) is 28.0 Å². The highest BCUT2D eigenvalue weighted by Gasteiger charge is 2.08. The molecule has 0 saturated heterocycles. The van der Waals surface area contributed by atoms with Gasteiger partial charge in [0.1, 0.15) is 6.61 Å². The molecular formula is C12H11Cl2NO3. The third-order valence-electron chi connectivity index (χ3n) is 1.75. The quantitative estimate of drug-likeness (QED) is 0.361. The minimum atomic E-state index is -0.505. The number of oxime groups is 1. The summed E-state index contributed by atoms with van der Waals surface area (Å²) in [5.74, 6) is -0.128. The summed E-state index contributed by atoms with van der Waals surface area (Å²) < 4.78 is 5.30. The monoisotopic (exact) mass is 287 g/mol. The lowest BCUT2D eigenvalue weighted by Gasteiger charge is -2.08. The summed E-state index contributed by atoms with van der Waals surface area (Å²) >= 11 is 12.0. The van der Waals surface area contributed by atoms with E-state index in [1.54, 1.807) is 18.2 Å². The lowest BCUT2D eigenvalue weighted by Crippen LogP contribution is -1.96. The number of carbonyl (C=O) groups excluding carboxylic acids is 1. The first-order valence-electron chi connectivity index (χ1n) is 4.98. The molecule has 0 unspecified atom stereocenters. The van der Waals surface area contributed by atoms with Crippen LogP contribution in [-0.2, 0) is 9.63 Å². The molecule has 0 aliphatic heterocycles. The molecule has 0 atom stereocenters. The van der Waals surface area contributed by atoms with Gasteiger partial charge in [0.25, 0.3) is 0 Å². The number of hydrogen-bond acceptors (Lipinski definition) is 4. The van der Waals surface area contributed by atoms with E-state index in [4.69, 9.17) is 27.9 Å². The third-order valence-corrected chi connectivity index (χ3v) is 2.31. The fourth-order valence-corrected chi connectivity index (χ4v) is 1.71. The Bertz CT molecular complexity index is 463. The van der Waals surface area contributed by atoms with Gasteiger partial charge >= 0.3 is 5.97 Å². The van der Waals surface area contributed by atoms with Crippen molar-refractivity contribution in [2.24, 2.45) is 5.16 Å². The van der Waals surface area contributed by atoms with Gasteiger partial charge in [-0.2, -0.15) is 0 Å². The molecule has 0 bridgehead atoms. The molecule has 0 aliphatic carbocycles. The zero-order valence-electron chi connectivity index (χ0n) is 9.65. The molecule has 0 N–H and O–H groups in total. The Morgan fingerprint density at radius 3 is 2.56 bits per heavy atom. The molecule has 1 aromatic carbocycles. The van der Waals surface area contributed by atoms with Crippen molar-refractivity contribution in [3.63, 3.8) is 0 Å². The van der Waals surface area contributed by atoms with Gasteiger partial charge in [-0.15, -0.1) is 0 Å². The van der Waals surface area contributed by atoms with Crippen LogP contribution in [0.15, 0.2) is 29.9 Å². The molecule has 0 radical (unpaired) electrons. The van der Waals surface area contributed by atoms with Crippen molar-refractivity contribution in [2.45, 2.75) is 6.92 Å². The first-order chi connectivity index (χ1) is 8.54. The van der Waals surface area contributed by atoms with Crippen LogP contribution in [0.4, 0.5) is 0 Å². The number of benzene rings is 1. The molecule has 0 amide bonds. The Morgan fingerprint density at radius 1 is 1.44 bits per heavy atom. The third kappa shape index (κ3) is 4.39. The van der Waals surface area contributed by atoms with E-state index in [-0.39, 0.29) is 0 Å². The average molecular weight is 288 g/mol. The average Bonchev–Trinajstić information content (AvgIpc) is 2.27. The smallest absolute Gasteiger partial charge is 0.331 e. The fraction of sp³-hybridized carbons (Fsp3) is 0.167. The lowest BCUT2D eigenvalue weighted by molar-refractivity contribution is -0.140. The van der Waals surface area contributed by atoms with Crippen LogP contribution in [0, 0.1) is 0 Å². The lowest BCUT2D eigenvalue weighted by atomic mass is 10.2. The van der Waals surface area contributed by atoms with Gasteiger partial charge in [0.05, 0.1) is 16.3 Å². The Hall–Kier alpha value is -1.52. The van der Waals surface area contributed by atoms with Crippen molar-refractivity contribution in [1.29, 1.82) is 0 Å². The Balaban J connectivity index is 2.88. The molecule has 0 spiro atoms. The molecule has 96 valence electrons. The van der Waals surface area contributed by atoms with Gasteiger partial charge in [0.2, 0.25) is 0 Å². The maximum Gasteiger partial charge on any atom is 0.331 e. The largest absolute Gasteiger partial charge is 0.486 e. The summed E-state index contributed by atoms with van der Waals surface area (Å²) in [6.07, 6.45) is 2.92. The summed E-state index contributed by atoms with van der Waals surface area (Å²) in [5.41, 5.74) is 0.595. The molecular weight excluding hydrogens is 277 g/mol. The molecule has 6 heteroatoms. The van der Waals surface area contributed by atoms with Crippen LogP contribution >= 0.6 is 23.2 Å². The predicted octanol–water partition coefficient (Wildman–Crippen LogP) is 3.46. The van der Waals surface area contributed by atoms with E-state index < -0.39 is 5.97 Å².